The molecule has 2 saturated heterocycles. The number of benzene rings is 2. The predicted octanol–water partition coefficient (Wildman–Crippen LogP) is 4.55. The number of ether oxygens (including phenoxy) is 1. The maximum Gasteiger partial charge on any atom is 0.254 e. The summed E-state index contributed by atoms with van der Waals surface area (Å²) in [6.07, 6.45) is 5.83. The van der Waals surface area contributed by atoms with Crippen molar-refractivity contribution in [1.82, 2.24) is 24.2 Å². The highest BCUT2D eigenvalue weighted by Crippen LogP contribution is 2.34. The number of aromatic nitrogens is 3. The van der Waals surface area contributed by atoms with Crippen molar-refractivity contribution < 1.29 is 9.53 Å². The second-order valence-corrected chi connectivity index (χ2v) is 9.66. The summed E-state index contributed by atoms with van der Waals surface area (Å²) in [7, 11) is 1.63. The number of hydrogen-bond donors (Lipinski definition) is 0. The molecule has 2 aromatic carbocycles. The second kappa shape index (κ2) is 8.98. The summed E-state index contributed by atoms with van der Waals surface area (Å²) in [5.41, 5.74) is 3.72. The minimum absolute atomic E-state index is 0.0944. The van der Waals surface area contributed by atoms with Crippen LogP contribution >= 0.6 is 11.6 Å². The zero-order valence-corrected chi connectivity index (χ0v) is 20.2. The predicted molar refractivity (Wildman–Crippen MR) is 135 cm³/mol. The van der Waals surface area contributed by atoms with Crippen LogP contribution in [0.3, 0.4) is 0 Å². The molecule has 7 nitrogen and oxygen atoms in total. The Morgan fingerprint density at radius 2 is 1.86 bits per heavy atom. The maximum atomic E-state index is 13.4. The standard InChI is InChI=1S/C27H26ClN5O2/c1-35-23-5-2-4-19(14-23)26(34)33-21-10-11-22(33)16-31(15-21)17-24-25(18-6-8-20(28)9-7-18)30-27-29-12-3-13-32(24)27/h2-9,12-14,21-22H,10-11,15-17H2,1H3. The summed E-state index contributed by atoms with van der Waals surface area (Å²) in [5, 5.41) is 0.700. The van der Waals surface area contributed by atoms with Gasteiger partial charge in [-0.2, -0.15) is 0 Å². The molecule has 2 aromatic heterocycles. The summed E-state index contributed by atoms with van der Waals surface area (Å²) in [6, 6.07) is 17.6. The molecule has 6 rings (SSSR count). The maximum absolute atomic E-state index is 13.4. The minimum atomic E-state index is 0.0944. The molecule has 2 atom stereocenters. The first-order valence-corrected chi connectivity index (χ1v) is 12.3. The topological polar surface area (TPSA) is 63.0 Å². The molecule has 0 aliphatic carbocycles. The Balaban J connectivity index is 1.27. The van der Waals surface area contributed by atoms with Crippen molar-refractivity contribution in [3.05, 3.63) is 83.3 Å². The quantitative estimate of drug-likeness (QED) is 0.413. The van der Waals surface area contributed by atoms with E-state index in [1.807, 2.05) is 60.8 Å². The number of carbonyl (C=O) groups is 1. The van der Waals surface area contributed by atoms with Gasteiger partial charge in [0.15, 0.2) is 0 Å². The van der Waals surface area contributed by atoms with Crippen molar-refractivity contribution >= 4 is 23.3 Å². The number of carbonyl (C=O) groups excluding carboxylic acids is 1. The van der Waals surface area contributed by atoms with Crippen molar-refractivity contribution in [3.8, 4) is 17.0 Å². The lowest BCUT2D eigenvalue weighted by atomic mass is 10.1. The molecular weight excluding hydrogens is 462 g/mol. The van der Waals surface area contributed by atoms with Crippen LogP contribution in [0, 0.1) is 0 Å². The minimum Gasteiger partial charge on any atom is -0.497 e. The average molecular weight is 488 g/mol. The van der Waals surface area contributed by atoms with Gasteiger partial charge in [0.1, 0.15) is 5.75 Å². The monoisotopic (exact) mass is 487 g/mol. The fourth-order valence-electron chi connectivity index (χ4n) is 5.49. The molecule has 2 bridgehead atoms. The molecule has 4 heterocycles. The molecule has 178 valence electrons. The van der Waals surface area contributed by atoms with Gasteiger partial charge in [0, 0.05) is 60.3 Å². The SMILES string of the molecule is COc1cccc(C(=O)N2C3CCC2CN(Cc2c(-c4ccc(Cl)cc4)nc4ncccn24)C3)c1. The summed E-state index contributed by atoms with van der Waals surface area (Å²) in [4.78, 5) is 27.3. The van der Waals surface area contributed by atoms with E-state index in [4.69, 9.17) is 21.3 Å². The van der Waals surface area contributed by atoms with Crippen LogP contribution < -0.4 is 4.74 Å². The molecule has 0 N–H and O–H groups in total. The number of nitrogens with zero attached hydrogens (tertiary/aromatic N) is 5. The van der Waals surface area contributed by atoms with Crippen LogP contribution in [0.15, 0.2) is 67.0 Å². The Hall–Kier alpha value is -3.42. The number of methoxy groups -OCH3 is 1. The lowest BCUT2D eigenvalue weighted by molar-refractivity contribution is 0.0402. The Morgan fingerprint density at radius 1 is 1.09 bits per heavy atom. The van der Waals surface area contributed by atoms with Gasteiger partial charge in [0.2, 0.25) is 5.78 Å². The van der Waals surface area contributed by atoms with E-state index >= 15 is 0 Å². The van der Waals surface area contributed by atoms with Crippen molar-refractivity contribution in [2.75, 3.05) is 20.2 Å². The zero-order valence-electron chi connectivity index (χ0n) is 19.5. The summed E-state index contributed by atoms with van der Waals surface area (Å²) < 4.78 is 7.40. The van der Waals surface area contributed by atoms with Crippen LogP contribution in [0.4, 0.5) is 0 Å². The van der Waals surface area contributed by atoms with E-state index in [0.29, 0.717) is 22.1 Å². The Bertz CT molecular complexity index is 1370. The molecule has 35 heavy (non-hydrogen) atoms. The number of rotatable bonds is 5. The van der Waals surface area contributed by atoms with Gasteiger partial charge in [-0.3, -0.25) is 14.1 Å². The summed E-state index contributed by atoms with van der Waals surface area (Å²) >= 11 is 6.13. The van der Waals surface area contributed by atoms with Gasteiger partial charge in [0.05, 0.1) is 18.5 Å². The van der Waals surface area contributed by atoms with Gasteiger partial charge in [-0.1, -0.05) is 29.8 Å². The van der Waals surface area contributed by atoms with E-state index in [-0.39, 0.29) is 18.0 Å². The highest BCUT2D eigenvalue weighted by molar-refractivity contribution is 6.30. The Labute approximate surface area is 208 Å². The molecule has 2 aliphatic rings. The van der Waals surface area contributed by atoms with Crippen molar-refractivity contribution in [2.24, 2.45) is 0 Å². The number of likely N-dealkylation sites (tertiary alicyclic amines) is 1. The largest absolute Gasteiger partial charge is 0.497 e. The third-order valence-electron chi connectivity index (χ3n) is 7.10. The molecule has 0 radical (unpaired) electrons. The number of amides is 1. The highest BCUT2D eigenvalue weighted by atomic mass is 35.5. The van der Waals surface area contributed by atoms with Crippen LogP contribution in [0.25, 0.3) is 17.0 Å². The van der Waals surface area contributed by atoms with Gasteiger partial charge in [-0.25, -0.2) is 9.97 Å². The fourth-order valence-corrected chi connectivity index (χ4v) is 5.62. The Kier molecular flexibility index (Phi) is 5.66. The number of imidazole rings is 1. The van der Waals surface area contributed by atoms with Crippen LogP contribution in [0.2, 0.25) is 5.02 Å². The normalized spacial score (nSPS) is 19.9. The van der Waals surface area contributed by atoms with Crippen LogP contribution in [-0.2, 0) is 6.54 Å². The van der Waals surface area contributed by atoms with Crippen LogP contribution in [0.1, 0.15) is 28.9 Å². The van der Waals surface area contributed by atoms with Gasteiger partial charge in [-0.05, 0) is 49.2 Å². The van der Waals surface area contributed by atoms with Crippen LogP contribution in [0.5, 0.6) is 5.75 Å². The highest BCUT2D eigenvalue weighted by Gasteiger charge is 2.43. The average Bonchev–Trinajstić information content (AvgIpc) is 3.38. The number of piperazine rings is 1. The van der Waals surface area contributed by atoms with Crippen LogP contribution in [-0.4, -0.2) is 62.4 Å². The third-order valence-corrected chi connectivity index (χ3v) is 7.35. The van der Waals surface area contributed by atoms with E-state index in [9.17, 15) is 4.79 Å². The lowest BCUT2D eigenvalue weighted by Crippen LogP contribution is -2.55. The first kappa shape index (κ1) is 22.1. The van der Waals surface area contributed by atoms with Gasteiger partial charge in [0.25, 0.3) is 5.91 Å². The third kappa shape index (κ3) is 4.05. The fraction of sp³-hybridized carbons (Fsp3) is 0.296. The molecule has 2 unspecified atom stereocenters. The summed E-state index contributed by atoms with van der Waals surface area (Å²) in [5.74, 6) is 1.48. The Morgan fingerprint density at radius 3 is 2.60 bits per heavy atom. The first-order valence-electron chi connectivity index (χ1n) is 11.9. The molecule has 8 heteroatoms. The van der Waals surface area contributed by atoms with E-state index < -0.39 is 0 Å². The van der Waals surface area contributed by atoms with E-state index in [1.165, 1.54) is 0 Å². The molecule has 2 fully saturated rings. The number of hydrogen-bond acceptors (Lipinski definition) is 5. The van der Waals surface area contributed by atoms with Crippen molar-refractivity contribution in [1.29, 1.82) is 0 Å². The number of fused-ring (bicyclic) bond motifs is 3. The van der Waals surface area contributed by atoms with E-state index in [0.717, 1.165) is 49.4 Å². The van der Waals surface area contributed by atoms with Gasteiger partial charge in [-0.15, -0.1) is 0 Å². The van der Waals surface area contributed by atoms with Gasteiger partial charge >= 0.3 is 0 Å². The molecule has 4 aromatic rings. The summed E-state index contributed by atoms with van der Waals surface area (Å²) in [6.45, 7) is 2.40. The lowest BCUT2D eigenvalue weighted by Gasteiger charge is -2.41. The first-order chi connectivity index (χ1) is 17.1. The smallest absolute Gasteiger partial charge is 0.254 e. The van der Waals surface area contributed by atoms with E-state index in [2.05, 4.69) is 19.2 Å². The van der Waals surface area contributed by atoms with Crippen molar-refractivity contribution in [3.63, 3.8) is 0 Å². The molecule has 0 spiro atoms. The molecular formula is C27H26ClN5O2. The molecule has 2 aliphatic heterocycles. The second-order valence-electron chi connectivity index (χ2n) is 9.23. The van der Waals surface area contributed by atoms with E-state index in [1.54, 1.807) is 13.3 Å². The van der Waals surface area contributed by atoms with Gasteiger partial charge < -0.3 is 9.64 Å². The van der Waals surface area contributed by atoms with Crippen molar-refractivity contribution in [2.45, 2.75) is 31.5 Å². The molecule has 0 saturated carbocycles. The molecule has 1 amide bonds. The zero-order chi connectivity index (χ0) is 23.9. The number of halogens is 1.